The zero-order valence-electron chi connectivity index (χ0n) is 16.0. The molecule has 2 heterocycles. The van der Waals surface area contributed by atoms with Crippen LogP contribution in [0.3, 0.4) is 0 Å². The van der Waals surface area contributed by atoms with Gasteiger partial charge in [-0.25, -0.2) is 9.59 Å². The third kappa shape index (κ3) is 4.11. The minimum Gasteiger partial charge on any atom is -0.445 e. The minimum atomic E-state index is -0.520. The van der Waals surface area contributed by atoms with E-state index in [1.54, 1.807) is 4.90 Å². The number of fused-ring (bicyclic) bond motifs is 2. The van der Waals surface area contributed by atoms with Crippen LogP contribution in [-0.2, 0) is 16.1 Å². The maximum atomic E-state index is 12.7. The lowest BCUT2D eigenvalue weighted by Gasteiger charge is -2.41. The number of hydrogen-bond acceptors (Lipinski definition) is 4. The van der Waals surface area contributed by atoms with Gasteiger partial charge in [0.1, 0.15) is 12.2 Å². The Labute approximate surface area is 155 Å². The highest BCUT2D eigenvalue weighted by Gasteiger charge is 2.49. The summed E-state index contributed by atoms with van der Waals surface area (Å²) in [6.07, 6.45) is 0.278. The van der Waals surface area contributed by atoms with Gasteiger partial charge in [-0.2, -0.15) is 0 Å². The lowest BCUT2D eigenvalue weighted by atomic mass is 10.0. The Morgan fingerprint density at radius 3 is 2.42 bits per heavy atom. The van der Waals surface area contributed by atoms with Crippen molar-refractivity contribution in [3.63, 3.8) is 0 Å². The number of nitrogens with zero attached hydrogens (tertiary/aromatic N) is 2. The van der Waals surface area contributed by atoms with Crippen LogP contribution in [-0.4, -0.2) is 52.8 Å². The van der Waals surface area contributed by atoms with Crippen LogP contribution in [0.1, 0.15) is 39.7 Å². The van der Waals surface area contributed by atoms with Crippen LogP contribution < -0.4 is 0 Å². The first kappa shape index (κ1) is 18.5. The summed E-state index contributed by atoms with van der Waals surface area (Å²) in [6.45, 7) is 8.96. The molecule has 0 spiro atoms. The molecule has 2 aliphatic rings. The van der Waals surface area contributed by atoms with Crippen LogP contribution >= 0.6 is 0 Å². The van der Waals surface area contributed by atoms with E-state index in [1.165, 1.54) is 0 Å². The predicted octanol–water partition coefficient (Wildman–Crippen LogP) is 3.65. The summed E-state index contributed by atoms with van der Waals surface area (Å²) in [5, 5.41) is 0. The van der Waals surface area contributed by atoms with Gasteiger partial charge in [-0.15, -0.1) is 0 Å². The number of carbonyl (C=O) groups excluding carboxylic acids is 2. The van der Waals surface area contributed by atoms with Crippen molar-refractivity contribution in [2.75, 3.05) is 13.1 Å². The largest absolute Gasteiger partial charge is 0.445 e. The lowest BCUT2D eigenvalue weighted by Crippen LogP contribution is -2.58. The van der Waals surface area contributed by atoms with E-state index in [9.17, 15) is 9.59 Å². The first-order valence-corrected chi connectivity index (χ1v) is 9.21. The molecule has 1 aromatic rings. The quantitative estimate of drug-likeness (QED) is 0.808. The molecule has 0 saturated carbocycles. The Bertz CT molecular complexity index is 656. The normalized spacial score (nSPS) is 25.2. The number of benzene rings is 1. The third-order valence-electron chi connectivity index (χ3n) is 4.96. The van der Waals surface area contributed by atoms with E-state index in [0.717, 1.165) is 12.0 Å². The molecule has 2 bridgehead atoms. The summed E-state index contributed by atoms with van der Waals surface area (Å²) in [4.78, 5) is 28.6. The zero-order chi connectivity index (χ0) is 18.9. The fourth-order valence-electron chi connectivity index (χ4n) is 3.78. The van der Waals surface area contributed by atoms with Crippen LogP contribution in [0.25, 0.3) is 0 Å². The molecule has 2 amide bonds. The van der Waals surface area contributed by atoms with E-state index in [0.29, 0.717) is 19.0 Å². The molecule has 0 N–H and O–H groups in total. The number of piperazine rings is 1. The van der Waals surface area contributed by atoms with Gasteiger partial charge >= 0.3 is 12.2 Å². The Balaban J connectivity index is 1.62. The van der Waals surface area contributed by atoms with Crippen molar-refractivity contribution in [2.24, 2.45) is 5.92 Å². The average Bonchev–Trinajstić information content (AvgIpc) is 2.77. The first-order valence-electron chi connectivity index (χ1n) is 9.21. The van der Waals surface area contributed by atoms with Crippen LogP contribution in [0, 0.1) is 5.92 Å². The van der Waals surface area contributed by atoms with Gasteiger partial charge in [0, 0.05) is 13.1 Å². The maximum Gasteiger partial charge on any atom is 0.410 e. The molecule has 0 unspecified atom stereocenters. The van der Waals surface area contributed by atoms with Crippen molar-refractivity contribution >= 4 is 12.2 Å². The smallest absolute Gasteiger partial charge is 0.410 e. The SMILES string of the molecule is C[C@H]1C[C@H]2CN(C(=O)OC(C)(C)C)C[C@@H]1N2C(=O)OCc1ccccc1. The van der Waals surface area contributed by atoms with E-state index in [4.69, 9.17) is 9.47 Å². The monoisotopic (exact) mass is 360 g/mol. The van der Waals surface area contributed by atoms with E-state index >= 15 is 0 Å². The molecule has 142 valence electrons. The fraction of sp³-hybridized carbons (Fsp3) is 0.600. The van der Waals surface area contributed by atoms with Crippen molar-refractivity contribution in [3.05, 3.63) is 35.9 Å². The number of amides is 2. The summed E-state index contributed by atoms with van der Waals surface area (Å²) < 4.78 is 11.0. The van der Waals surface area contributed by atoms with Gasteiger partial charge in [-0.1, -0.05) is 37.3 Å². The van der Waals surface area contributed by atoms with Gasteiger partial charge in [-0.05, 0) is 38.7 Å². The molecule has 2 aliphatic heterocycles. The fourth-order valence-corrected chi connectivity index (χ4v) is 3.78. The standard InChI is InChI=1S/C20H28N2O4/c1-14-10-16-11-21(18(23)26-20(2,3)4)12-17(14)22(16)19(24)25-13-15-8-6-5-7-9-15/h5-9,14,16-17H,10-13H2,1-4H3/t14-,16-,17-/m0/s1. The van der Waals surface area contributed by atoms with E-state index in [1.807, 2.05) is 56.0 Å². The number of likely N-dealkylation sites (tertiary alicyclic amines) is 1. The van der Waals surface area contributed by atoms with Crippen LogP contribution in [0.2, 0.25) is 0 Å². The van der Waals surface area contributed by atoms with Gasteiger partial charge in [0.05, 0.1) is 12.1 Å². The van der Waals surface area contributed by atoms with E-state index in [-0.39, 0.29) is 30.9 Å². The lowest BCUT2D eigenvalue weighted by molar-refractivity contribution is -0.00292. The second-order valence-corrected chi connectivity index (χ2v) is 8.27. The highest BCUT2D eigenvalue weighted by atomic mass is 16.6. The minimum absolute atomic E-state index is 0.0143. The average molecular weight is 360 g/mol. The number of rotatable bonds is 2. The molecule has 6 nitrogen and oxygen atoms in total. The van der Waals surface area contributed by atoms with Gasteiger partial charge in [0.15, 0.2) is 0 Å². The Hall–Kier alpha value is -2.24. The van der Waals surface area contributed by atoms with Crippen LogP contribution in [0.4, 0.5) is 9.59 Å². The third-order valence-corrected chi connectivity index (χ3v) is 4.96. The van der Waals surface area contributed by atoms with Gasteiger partial charge in [-0.3, -0.25) is 4.90 Å². The second-order valence-electron chi connectivity index (χ2n) is 8.27. The van der Waals surface area contributed by atoms with E-state index in [2.05, 4.69) is 6.92 Å². The summed E-state index contributed by atoms with van der Waals surface area (Å²) in [5.74, 6) is 0.330. The molecule has 0 aliphatic carbocycles. The first-order chi connectivity index (χ1) is 12.2. The molecule has 0 aromatic heterocycles. The molecule has 3 atom stereocenters. The van der Waals surface area contributed by atoms with Crippen molar-refractivity contribution in [3.8, 4) is 0 Å². The molecule has 26 heavy (non-hydrogen) atoms. The van der Waals surface area contributed by atoms with Crippen molar-refractivity contribution in [2.45, 2.75) is 58.4 Å². The molecule has 0 radical (unpaired) electrons. The predicted molar refractivity (Wildman–Crippen MR) is 97.6 cm³/mol. The molecule has 2 saturated heterocycles. The highest BCUT2D eigenvalue weighted by Crippen LogP contribution is 2.35. The molecule has 1 aromatic carbocycles. The Morgan fingerprint density at radius 2 is 1.81 bits per heavy atom. The molecule has 2 fully saturated rings. The molecule has 6 heteroatoms. The second kappa shape index (κ2) is 7.17. The molecular weight excluding hydrogens is 332 g/mol. The van der Waals surface area contributed by atoms with Crippen molar-refractivity contribution in [1.29, 1.82) is 0 Å². The molecular formula is C20H28N2O4. The van der Waals surface area contributed by atoms with Gasteiger partial charge in [0.25, 0.3) is 0 Å². The van der Waals surface area contributed by atoms with Gasteiger partial charge in [0.2, 0.25) is 0 Å². The zero-order valence-corrected chi connectivity index (χ0v) is 16.0. The van der Waals surface area contributed by atoms with Crippen LogP contribution in [0.15, 0.2) is 30.3 Å². The molecule has 3 rings (SSSR count). The summed E-state index contributed by atoms with van der Waals surface area (Å²) in [6, 6.07) is 9.62. The maximum absolute atomic E-state index is 12.7. The van der Waals surface area contributed by atoms with Crippen LogP contribution in [0.5, 0.6) is 0 Å². The number of carbonyl (C=O) groups is 2. The van der Waals surface area contributed by atoms with Crippen molar-refractivity contribution in [1.82, 2.24) is 9.80 Å². The van der Waals surface area contributed by atoms with E-state index < -0.39 is 5.60 Å². The Morgan fingerprint density at radius 1 is 1.12 bits per heavy atom. The summed E-state index contributed by atoms with van der Waals surface area (Å²) >= 11 is 0. The van der Waals surface area contributed by atoms with Crippen molar-refractivity contribution < 1.29 is 19.1 Å². The highest BCUT2D eigenvalue weighted by molar-refractivity contribution is 5.72. The summed E-state index contributed by atoms with van der Waals surface area (Å²) in [7, 11) is 0. The topological polar surface area (TPSA) is 59.1 Å². The number of hydrogen-bond donors (Lipinski definition) is 0. The summed E-state index contributed by atoms with van der Waals surface area (Å²) in [5.41, 5.74) is 0.446. The van der Waals surface area contributed by atoms with Gasteiger partial charge < -0.3 is 14.4 Å². The Kier molecular flexibility index (Phi) is 5.12. The number of ether oxygens (including phenoxy) is 2.